The van der Waals surface area contributed by atoms with E-state index in [0.29, 0.717) is 6.04 Å². The smallest absolute Gasteiger partial charge is 0.112 e. The summed E-state index contributed by atoms with van der Waals surface area (Å²) in [6.45, 7) is 6.73. The van der Waals surface area contributed by atoms with E-state index >= 15 is 0 Å². The first kappa shape index (κ1) is 14.3. The van der Waals surface area contributed by atoms with E-state index in [4.69, 9.17) is 0 Å². The van der Waals surface area contributed by atoms with Gasteiger partial charge in [-0.25, -0.2) is 0 Å². The molecule has 0 amide bonds. The minimum atomic E-state index is 0.443. The fraction of sp³-hybridized carbons (Fsp3) is 0.467. The van der Waals surface area contributed by atoms with Crippen LogP contribution in [-0.2, 0) is 0 Å². The van der Waals surface area contributed by atoms with Crippen molar-refractivity contribution in [3.8, 4) is 0 Å². The normalized spacial score (nSPS) is 12.9. The number of rotatable bonds is 5. The molecule has 0 saturated carbocycles. The molecule has 0 spiro atoms. The Balaban J connectivity index is 2.16. The summed E-state index contributed by atoms with van der Waals surface area (Å²) in [4.78, 5) is 8.81. The van der Waals surface area contributed by atoms with Crippen molar-refractivity contribution in [2.75, 3.05) is 5.32 Å². The fourth-order valence-corrected chi connectivity index (χ4v) is 2.36. The van der Waals surface area contributed by atoms with Crippen molar-refractivity contribution in [1.29, 1.82) is 0 Å². The van der Waals surface area contributed by atoms with Crippen LogP contribution in [0.2, 0.25) is 0 Å². The SMILES string of the molecule is CC(C)CCC(C)Nc1ccnc2cc(Br)cnc12. The van der Waals surface area contributed by atoms with Gasteiger partial charge in [0.05, 0.1) is 11.2 Å². The average Bonchev–Trinajstić information content (AvgIpc) is 2.36. The Morgan fingerprint density at radius 2 is 2.00 bits per heavy atom. The zero-order valence-corrected chi connectivity index (χ0v) is 13.2. The summed E-state index contributed by atoms with van der Waals surface area (Å²) >= 11 is 3.43. The van der Waals surface area contributed by atoms with Crippen LogP contribution in [0.1, 0.15) is 33.6 Å². The Hall–Kier alpha value is -1.16. The van der Waals surface area contributed by atoms with Crippen LogP contribution in [0.15, 0.2) is 29.0 Å². The van der Waals surface area contributed by atoms with Crippen molar-refractivity contribution in [2.45, 2.75) is 39.7 Å². The van der Waals surface area contributed by atoms with Crippen molar-refractivity contribution in [2.24, 2.45) is 5.92 Å². The fourth-order valence-electron chi connectivity index (χ4n) is 2.04. The van der Waals surface area contributed by atoms with Gasteiger partial charge >= 0.3 is 0 Å². The Morgan fingerprint density at radius 3 is 2.74 bits per heavy atom. The van der Waals surface area contributed by atoms with E-state index in [1.54, 1.807) is 0 Å². The van der Waals surface area contributed by atoms with E-state index < -0.39 is 0 Å². The molecule has 2 aromatic rings. The standard InChI is InChI=1S/C15H20BrN3/c1-10(2)4-5-11(3)19-13-6-7-17-14-8-12(16)9-18-15(13)14/h6-11H,4-5H2,1-3H3,(H,17,19). The molecule has 0 bridgehead atoms. The average molecular weight is 322 g/mol. The molecule has 102 valence electrons. The number of aromatic nitrogens is 2. The zero-order valence-electron chi connectivity index (χ0n) is 11.7. The second-order valence-corrected chi connectivity index (χ2v) is 6.31. The van der Waals surface area contributed by atoms with E-state index in [-0.39, 0.29) is 0 Å². The molecule has 0 fully saturated rings. The Labute approximate surface area is 123 Å². The van der Waals surface area contributed by atoms with Gasteiger partial charge in [-0.3, -0.25) is 9.97 Å². The molecule has 3 nitrogen and oxygen atoms in total. The summed E-state index contributed by atoms with van der Waals surface area (Å²) in [6.07, 6.45) is 6.04. The van der Waals surface area contributed by atoms with E-state index in [9.17, 15) is 0 Å². The van der Waals surface area contributed by atoms with Crippen LogP contribution < -0.4 is 5.32 Å². The molecule has 1 atom stereocenters. The van der Waals surface area contributed by atoms with Crippen LogP contribution in [0.5, 0.6) is 0 Å². The maximum Gasteiger partial charge on any atom is 0.112 e. The van der Waals surface area contributed by atoms with E-state index in [1.807, 2.05) is 24.5 Å². The van der Waals surface area contributed by atoms with Crippen LogP contribution in [0.4, 0.5) is 5.69 Å². The van der Waals surface area contributed by atoms with Gasteiger partial charge in [-0.05, 0) is 53.7 Å². The molecule has 0 aromatic carbocycles. The zero-order chi connectivity index (χ0) is 13.8. The Kier molecular flexibility index (Phi) is 4.75. The molecule has 1 N–H and O–H groups in total. The molecular formula is C15H20BrN3. The first-order valence-corrected chi connectivity index (χ1v) is 7.52. The first-order valence-electron chi connectivity index (χ1n) is 6.73. The molecule has 2 heterocycles. The van der Waals surface area contributed by atoms with Crippen LogP contribution in [-0.4, -0.2) is 16.0 Å². The van der Waals surface area contributed by atoms with Gasteiger partial charge in [-0.1, -0.05) is 13.8 Å². The lowest BCUT2D eigenvalue weighted by molar-refractivity contribution is 0.528. The van der Waals surface area contributed by atoms with Crippen molar-refractivity contribution < 1.29 is 0 Å². The lowest BCUT2D eigenvalue weighted by Crippen LogP contribution is -2.16. The molecule has 2 rings (SSSR count). The van der Waals surface area contributed by atoms with Gasteiger partial charge < -0.3 is 5.32 Å². The number of nitrogens with zero attached hydrogens (tertiary/aromatic N) is 2. The van der Waals surface area contributed by atoms with Gasteiger partial charge in [-0.15, -0.1) is 0 Å². The second-order valence-electron chi connectivity index (χ2n) is 5.40. The number of fused-ring (bicyclic) bond motifs is 1. The summed E-state index contributed by atoms with van der Waals surface area (Å²) in [6, 6.07) is 4.43. The van der Waals surface area contributed by atoms with Crippen molar-refractivity contribution in [3.63, 3.8) is 0 Å². The third-order valence-corrected chi connectivity index (χ3v) is 3.56. The summed E-state index contributed by atoms with van der Waals surface area (Å²) in [5.74, 6) is 0.743. The van der Waals surface area contributed by atoms with Gasteiger partial charge in [0, 0.05) is 22.9 Å². The number of hydrogen-bond acceptors (Lipinski definition) is 3. The van der Waals surface area contributed by atoms with Crippen LogP contribution in [0, 0.1) is 5.92 Å². The lowest BCUT2D eigenvalue weighted by Gasteiger charge is -2.17. The topological polar surface area (TPSA) is 37.8 Å². The van der Waals surface area contributed by atoms with Crippen LogP contribution >= 0.6 is 15.9 Å². The molecule has 1 unspecified atom stereocenters. The number of nitrogens with one attached hydrogen (secondary N) is 1. The summed E-state index contributed by atoms with van der Waals surface area (Å²) < 4.78 is 0.956. The Bertz CT molecular complexity index is 554. The highest BCUT2D eigenvalue weighted by molar-refractivity contribution is 9.10. The van der Waals surface area contributed by atoms with E-state index in [1.165, 1.54) is 6.42 Å². The molecule has 2 aromatic heterocycles. The van der Waals surface area contributed by atoms with Gasteiger partial charge in [0.2, 0.25) is 0 Å². The van der Waals surface area contributed by atoms with Gasteiger partial charge in [0.15, 0.2) is 0 Å². The van der Waals surface area contributed by atoms with E-state index in [0.717, 1.165) is 33.5 Å². The van der Waals surface area contributed by atoms with Gasteiger partial charge in [-0.2, -0.15) is 0 Å². The van der Waals surface area contributed by atoms with Crippen LogP contribution in [0.3, 0.4) is 0 Å². The molecule has 0 aliphatic carbocycles. The number of anilines is 1. The monoisotopic (exact) mass is 321 g/mol. The maximum atomic E-state index is 4.46. The molecule has 0 aliphatic heterocycles. The highest BCUT2D eigenvalue weighted by Crippen LogP contribution is 2.23. The third kappa shape index (κ3) is 3.90. The predicted molar refractivity (Wildman–Crippen MR) is 84.4 cm³/mol. The lowest BCUT2D eigenvalue weighted by atomic mass is 10.0. The minimum Gasteiger partial charge on any atom is -0.381 e. The molecule has 4 heteroatoms. The van der Waals surface area contributed by atoms with E-state index in [2.05, 4.69) is 52.0 Å². The molecular weight excluding hydrogens is 302 g/mol. The van der Waals surface area contributed by atoms with Gasteiger partial charge in [0.25, 0.3) is 0 Å². The van der Waals surface area contributed by atoms with Gasteiger partial charge in [0.1, 0.15) is 5.52 Å². The molecule has 0 aliphatic rings. The van der Waals surface area contributed by atoms with Crippen molar-refractivity contribution >= 4 is 32.7 Å². The maximum absolute atomic E-state index is 4.46. The number of halogens is 1. The highest BCUT2D eigenvalue weighted by atomic mass is 79.9. The quantitative estimate of drug-likeness (QED) is 0.872. The number of pyridine rings is 2. The first-order chi connectivity index (χ1) is 9.06. The molecule has 0 radical (unpaired) electrons. The molecule has 19 heavy (non-hydrogen) atoms. The second kappa shape index (κ2) is 6.33. The predicted octanol–water partition coefficient (Wildman–Crippen LogP) is 4.63. The van der Waals surface area contributed by atoms with Crippen molar-refractivity contribution in [3.05, 3.63) is 29.0 Å². The van der Waals surface area contributed by atoms with Crippen LogP contribution in [0.25, 0.3) is 11.0 Å². The third-order valence-electron chi connectivity index (χ3n) is 3.12. The van der Waals surface area contributed by atoms with Crippen molar-refractivity contribution in [1.82, 2.24) is 9.97 Å². The largest absolute Gasteiger partial charge is 0.381 e. The number of hydrogen-bond donors (Lipinski definition) is 1. The highest BCUT2D eigenvalue weighted by Gasteiger charge is 2.08. The minimum absolute atomic E-state index is 0.443. The Morgan fingerprint density at radius 1 is 1.21 bits per heavy atom. The summed E-state index contributed by atoms with van der Waals surface area (Å²) in [5, 5.41) is 3.54. The summed E-state index contributed by atoms with van der Waals surface area (Å²) in [5.41, 5.74) is 2.91. The summed E-state index contributed by atoms with van der Waals surface area (Å²) in [7, 11) is 0. The molecule has 0 saturated heterocycles.